The lowest BCUT2D eigenvalue weighted by Crippen LogP contribution is -2.13. The largest absolute Gasteiger partial charge is 0.492 e. The normalized spacial score (nSPS) is 13.8. The molecule has 0 atom stereocenters. The number of rotatable bonds is 6. The van der Waals surface area contributed by atoms with Gasteiger partial charge in [0.1, 0.15) is 16.8 Å². The van der Waals surface area contributed by atoms with Gasteiger partial charge in [0.05, 0.1) is 17.2 Å². The summed E-state index contributed by atoms with van der Waals surface area (Å²) in [6.45, 7) is 0.376. The van der Waals surface area contributed by atoms with Gasteiger partial charge in [-0.1, -0.05) is 36.0 Å². The molecule has 0 unspecified atom stereocenters. The van der Waals surface area contributed by atoms with Crippen LogP contribution in [0.2, 0.25) is 10.0 Å². The third-order valence-electron chi connectivity index (χ3n) is 4.74. The number of fused-ring (bicyclic) bond motifs is 1. The number of nitrogens with zero attached hydrogens (tertiary/aromatic N) is 1. The summed E-state index contributed by atoms with van der Waals surface area (Å²) in [4.78, 5) is 13.6. The van der Waals surface area contributed by atoms with E-state index in [1.807, 2.05) is 0 Å². The van der Waals surface area contributed by atoms with E-state index in [9.17, 15) is 10.1 Å². The number of benzene rings is 1. The Labute approximate surface area is 179 Å². The molecule has 1 N–H and O–H groups in total. The van der Waals surface area contributed by atoms with Crippen molar-refractivity contribution >= 4 is 45.4 Å². The van der Waals surface area contributed by atoms with E-state index < -0.39 is 0 Å². The maximum absolute atomic E-state index is 12.3. The molecule has 1 aliphatic carbocycles. The number of carbonyl (C=O) groups is 1. The smallest absolute Gasteiger partial charge is 0.225 e. The molecular formula is C21H22Cl2N2O2S. The Hall–Kier alpha value is -1.74. The van der Waals surface area contributed by atoms with Crippen LogP contribution in [0.1, 0.15) is 54.5 Å². The highest BCUT2D eigenvalue weighted by atomic mass is 35.5. The second kappa shape index (κ2) is 10.2. The second-order valence-electron chi connectivity index (χ2n) is 6.81. The van der Waals surface area contributed by atoms with Crippen LogP contribution < -0.4 is 10.1 Å². The third-order valence-corrected chi connectivity index (χ3v) is 6.47. The van der Waals surface area contributed by atoms with Gasteiger partial charge in [0.2, 0.25) is 5.91 Å². The van der Waals surface area contributed by atoms with Crippen LogP contribution in [0.5, 0.6) is 5.75 Å². The first-order valence-corrected chi connectivity index (χ1v) is 11.1. The van der Waals surface area contributed by atoms with Crippen molar-refractivity contribution in [2.75, 3.05) is 11.9 Å². The Bertz CT molecular complexity index is 889. The van der Waals surface area contributed by atoms with Crippen molar-refractivity contribution in [3.05, 3.63) is 44.2 Å². The number of hydrogen-bond donors (Lipinski definition) is 1. The Balaban J connectivity index is 1.53. The number of thiophene rings is 1. The standard InChI is InChI=1S/C21H22Cl2N2O2S/c22-14-9-10-18(17(23)12-14)27-11-5-8-20(26)25-21-16(13-24)15-6-3-1-2-4-7-19(15)28-21/h9-10,12H,1-8,11H2,(H,25,26). The predicted octanol–water partition coefficient (Wildman–Crippen LogP) is 6.38. The van der Waals surface area contributed by atoms with Crippen molar-refractivity contribution in [1.29, 1.82) is 5.26 Å². The zero-order valence-corrected chi connectivity index (χ0v) is 17.9. The maximum atomic E-state index is 12.3. The van der Waals surface area contributed by atoms with Gasteiger partial charge >= 0.3 is 0 Å². The van der Waals surface area contributed by atoms with Gasteiger partial charge < -0.3 is 10.1 Å². The van der Waals surface area contributed by atoms with E-state index in [-0.39, 0.29) is 5.91 Å². The molecule has 0 bridgehead atoms. The van der Waals surface area contributed by atoms with Gasteiger partial charge in [-0.05, 0) is 55.9 Å². The lowest BCUT2D eigenvalue weighted by Gasteiger charge is -2.09. The maximum Gasteiger partial charge on any atom is 0.225 e. The van der Waals surface area contributed by atoms with Crippen molar-refractivity contribution in [1.82, 2.24) is 0 Å². The van der Waals surface area contributed by atoms with E-state index in [1.165, 1.54) is 17.7 Å². The average Bonchev–Trinajstić information content (AvgIpc) is 2.95. The van der Waals surface area contributed by atoms with E-state index >= 15 is 0 Å². The molecule has 0 fully saturated rings. The summed E-state index contributed by atoms with van der Waals surface area (Å²) in [7, 11) is 0. The molecule has 0 aliphatic heterocycles. The molecule has 28 heavy (non-hydrogen) atoms. The fourth-order valence-corrected chi connectivity index (χ4v) is 5.04. The van der Waals surface area contributed by atoms with Crippen molar-refractivity contribution in [2.24, 2.45) is 0 Å². The molecule has 0 radical (unpaired) electrons. The van der Waals surface area contributed by atoms with Crippen LogP contribution in [0.3, 0.4) is 0 Å². The van der Waals surface area contributed by atoms with Crippen LogP contribution in [0.4, 0.5) is 5.00 Å². The van der Waals surface area contributed by atoms with Gasteiger partial charge in [0, 0.05) is 16.3 Å². The van der Waals surface area contributed by atoms with Crippen LogP contribution >= 0.6 is 34.5 Å². The summed E-state index contributed by atoms with van der Waals surface area (Å²) in [5.74, 6) is 0.452. The van der Waals surface area contributed by atoms with Gasteiger partial charge in [0.25, 0.3) is 0 Å². The minimum absolute atomic E-state index is 0.100. The van der Waals surface area contributed by atoms with Crippen molar-refractivity contribution in [3.63, 3.8) is 0 Å². The lowest BCUT2D eigenvalue weighted by molar-refractivity contribution is -0.116. The highest BCUT2D eigenvalue weighted by molar-refractivity contribution is 7.16. The molecule has 148 valence electrons. The third kappa shape index (κ3) is 5.41. The number of hydrogen-bond acceptors (Lipinski definition) is 4. The number of anilines is 1. The number of amides is 1. The van der Waals surface area contributed by atoms with Gasteiger partial charge in [-0.3, -0.25) is 4.79 Å². The molecule has 1 amide bonds. The minimum Gasteiger partial charge on any atom is -0.492 e. The minimum atomic E-state index is -0.100. The first-order valence-electron chi connectivity index (χ1n) is 9.51. The highest BCUT2D eigenvalue weighted by Gasteiger charge is 2.20. The summed E-state index contributed by atoms with van der Waals surface area (Å²) in [5.41, 5.74) is 1.79. The summed E-state index contributed by atoms with van der Waals surface area (Å²) >= 11 is 13.5. The Morgan fingerprint density at radius 2 is 2.00 bits per heavy atom. The Morgan fingerprint density at radius 3 is 2.75 bits per heavy atom. The van der Waals surface area contributed by atoms with Crippen LogP contribution in [-0.2, 0) is 17.6 Å². The monoisotopic (exact) mass is 436 g/mol. The summed E-state index contributed by atoms with van der Waals surface area (Å²) in [6.07, 6.45) is 7.50. The molecule has 4 nitrogen and oxygen atoms in total. The number of halogens is 2. The first kappa shape index (κ1) is 21.0. The molecular weight excluding hydrogens is 415 g/mol. The van der Waals surface area contributed by atoms with Gasteiger partial charge in [-0.25, -0.2) is 0 Å². The number of nitriles is 1. The zero-order valence-electron chi connectivity index (χ0n) is 15.5. The fraction of sp³-hybridized carbons (Fsp3) is 0.429. The lowest BCUT2D eigenvalue weighted by atomic mass is 9.97. The molecule has 0 saturated carbocycles. The summed E-state index contributed by atoms with van der Waals surface area (Å²) in [5, 5.41) is 14.2. The summed E-state index contributed by atoms with van der Waals surface area (Å²) < 4.78 is 5.61. The van der Waals surface area contributed by atoms with E-state index in [1.54, 1.807) is 29.5 Å². The first-order chi connectivity index (χ1) is 13.6. The molecule has 1 aliphatic rings. The van der Waals surface area contributed by atoms with Gasteiger partial charge in [-0.2, -0.15) is 5.26 Å². The SMILES string of the molecule is N#Cc1c(NC(=O)CCCOc2ccc(Cl)cc2Cl)sc2c1CCCCCC2. The van der Waals surface area contributed by atoms with Gasteiger partial charge in [0.15, 0.2) is 0 Å². The Morgan fingerprint density at radius 1 is 1.21 bits per heavy atom. The predicted molar refractivity (Wildman–Crippen MR) is 115 cm³/mol. The van der Waals surface area contributed by atoms with Gasteiger partial charge in [-0.15, -0.1) is 11.3 Å². The van der Waals surface area contributed by atoms with Crippen LogP contribution in [0.25, 0.3) is 0 Å². The van der Waals surface area contributed by atoms with E-state index in [0.717, 1.165) is 31.2 Å². The molecule has 3 rings (SSSR count). The van der Waals surface area contributed by atoms with Crippen LogP contribution in [-0.4, -0.2) is 12.5 Å². The van der Waals surface area contributed by atoms with Crippen LogP contribution in [0, 0.1) is 11.3 Å². The zero-order chi connectivity index (χ0) is 19.9. The molecule has 7 heteroatoms. The molecule has 1 aromatic heterocycles. The Kier molecular flexibility index (Phi) is 7.61. The number of ether oxygens (including phenoxy) is 1. The molecule has 1 heterocycles. The van der Waals surface area contributed by atoms with Crippen molar-refractivity contribution in [2.45, 2.75) is 51.4 Å². The molecule has 0 saturated heterocycles. The number of nitrogens with one attached hydrogen (secondary N) is 1. The quantitative estimate of drug-likeness (QED) is 0.533. The number of carbonyl (C=O) groups excluding carboxylic acids is 1. The van der Waals surface area contributed by atoms with E-state index in [2.05, 4.69) is 11.4 Å². The molecule has 1 aromatic carbocycles. The van der Waals surface area contributed by atoms with E-state index in [4.69, 9.17) is 27.9 Å². The van der Waals surface area contributed by atoms with Crippen molar-refractivity contribution < 1.29 is 9.53 Å². The topological polar surface area (TPSA) is 62.1 Å². The fourth-order valence-electron chi connectivity index (χ4n) is 3.32. The number of aryl methyl sites for hydroxylation is 1. The molecule has 0 spiro atoms. The van der Waals surface area contributed by atoms with Crippen molar-refractivity contribution in [3.8, 4) is 11.8 Å². The van der Waals surface area contributed by atoms with E-state index in [0.29, 0.717) is 45.8 Å². The highest BCUT2D eigenvalue weighted by Crippen LogP contribution is 2.36. The molecule has 2 aromatic rings. The second-order valence-corrected chi connectivity index (χ2v) is 8.76. The van der Waals surface area contributed by atoms with Crippen LogP contribution in [0.15, 0.2) is 18.2 Å². The average molecular weight is 437 g/mol. The summed E-state index contributed by atoms with van der Waals surface area (Å²) in [6, 6.07) is 7.35.